The van der Waals surface area contributed by atoms with Gasteiger partial charge in [-0.15, -0.1) is 0 Å². The van der Waals surface area contributed by atoms with Gasteiger partial charge in [0.2, 0.25) is 21.8 Å². The Morgan fingerprint density at radius 2 is 1.62 bits per heavy atom. The zero-order valence-corrected chi connectivity index (χ0v) is 22.4. The molecule has 2 aromatic rings. The SMILES string of the molecule is CC(C)NC(=O)C(C)N(Cc1cccc(Br)c1)C(=O)CN(c1ccc(Br)cc1)S(C)(=O)=O. The van der Waals surface area contributed by atoms with Crippen LogP contribution in [0.4, 0.5) is 5.69 Å². The molecule has 2 aromatic carbocycles. The van der Waals surface area contributed by atoms with Crippen LogP contribution in [0.25, 0.3) is 0 Å². The van der Waals surface area contributed by atoms with Crippen LogP contribution < -0.4 is 9.62 Å². The van der Waals surface area contributed by atoms with Crippen LogP contribution in [-0.2, 0) is 26.2 Å². The van der Waals surface area contributed by atoms with E-state index in [1.165, 1.54) is 4.90 Å². The fourth-order valence-electron chi connectivity index (χ4n) is 3.04. The Bertz CT molecular complexity index is 1060. The van der Waals surface area contributed by atoms with Gasteiger partial charge in [0, 0.05) is 21.5 Å². The number of nitrogens with zero attached hydrogens (tertiary/aromatic N) is 2. The molecule has 2 rings (SSSR count). The Morgan fingerprint density at radius 1 is 1.00 bits per heavy atom. The van der Waals surface area contributed by atoms with E-state index in [1.807, 2.05) is 38.1 Å². The first-order valence-electron chi connectivity index (χ1n) is 9.96. The van der Waals surface area contributed by atoms with Crippen molar-refractivity contribution in [3.05, 3.63) is 63.0 Å². The smallest absolute Gasteiger partial charge is 0.244 e. The van der Waals surface area contributed by atoms with Gasteiger partial charge in [-0.25, -0.2) is 8.42 Å². The van der Waals surface area contributed by atoms with Crippen molar-refractivity contribution in [2.45, 2.75) is 39.4 Å². The lowest BCUT2D eigenvalue weighted by molar-refractivity contribution is -0.139. The predicted octanol–water partition coefficient (Wildman–Crippen LogP) is 3.92. The number of amides is 2. The summed E-state index contributed by atoms with van der Waals surface area (Å²) >= 11 is 6.74. The first-order chi connectivity index (χ1) is 14.9. The molecule has 2 amide bonds. The highest BCUT2D eigenvalue weighted by Crippen LogP contribution is 2.22. The molecule has 0 aliphatic heterocycles. The van der Waals surface area contributed by atoms with Gasteiger partial charge in [0.25, 0.3) is 0 Å². The first-order valence-corrected chi connectivity index (χ1v) is 13.4. The van der Waals surface area contributed by atoms with Crippen LogP contribution in [0.15, 0.2) is 57.5 Å². The van der Waals surface area contributed by atoms with Crippen LogP contribution in [-0.4, -0.2) is 50.0 Å². The molecule has 1 atom stereocenters. The lowest BCUT2D eigenvalue weighted by Crippen LogP contribution is -2.52. The second kappa shape index (κ2) is 11.3. The van der Waals surface area contributed by atoms with Crippen LogP contribution >= 0.6 is 31.9 Å². The van der Waals surface area contributed by atoms with Crippen molar-refractivity contribution in [2.24, 2.45) is 0 Å². The third-order valence-corrected chi connectivity index (χ3v) is 6.80. The molecule has 0 fully saturated rings. The van der Waals surface area contributed by atoms with Gasteiger partial charge in [0.15, 0.2) is 0 Å². The molecule has 174 valence electrons. The Kier molecular flexibility index (Phi) is 9.29. The summed E-state index contributed by atoms with van der Waals surface area (Å²) in [6.45, 7) is 5.04. The molecule has 1 unspecified atom stereocenters. The summed E-state index contributed by atoms with van der Waals surface area (Å²) in [4.78, 5) is 27.5. The topological polar surface area (TPSA) is 86.8 Å². The lowest BCUT2D eigenvalue weighted by Gasteiger charge is -2.32. The third-order valence-electron chi connectivity index (χ3n) is 4.63. The number of halogens is 2. The summed E-state index contributed by atoms with van der Waals surface area (Å²) in [7, 11) is -3.74. The minimum Gasteiger partial charge on any atom is -0.352 e. The fourth-order valence-corrected chi connectivity index (χ4v) is 4.60. The number of nitrogens with one attached hydrogen (secondary N) is 1. The van der Waals surface area contributed by atoms with E-state index in [-0.39, 0.29) is 18.5 Å². The van der Waals surface area contributed by atoms with Crippen LogP contribution in [0.5, 0.6) is 0 Å². The van der Waals surface area contributed by atoms with Crippen molar-refractivity contribution in [2.75, 3.05) is 17.1 Å². The molecule has 1 N–H and O–H groups in total. The van der Waals surface area contributed by atoms with Gasteiger partial charge in [-0.05, 0) is 62.7 Å². The zero-order chi connectivity index (χ0) is 24.1. The minimum atomic E-state index is -3.74. The van der Waals surface area contributed by atoms with E-state index in [4.69, 9.17) is 0 Å². The average Bonchev–Trinajstić information content (AvgIpc) is 2.69. The Balaban J connectivity index is 2.38. The van der Waals surface area contributed by atoms with Crippen LogP contribution in [0, 0.1) is 0 Å². The van der Waals surface area contributed by atoms with Crippen LogP contribution in [0.1, 0.15) is 26.3 Å². The second-order valence-corrected chi connectivity index (χ2v) is 11.5. The molecule has 0 saturated heterocycles. The van der Waals surface area contributed by atoms with Gasteiger partial charge in [0.05, 0.1) is 11.9 Å². The summed E-state index contributed by atoms with van der Waals surface area (Å²) in [6.07, 6.45) is 1.05. The van der Waals surface area contributed by atoms with Crippen molar-refractivity contribution in [3.63, 3.8) is 0 Å². The summed E-state index contributed by atoms with van der Waals surface area (Å²) in [5, 5.41) is 2.82. The average molecular weight is 589 g/mol. The first kappa shape index (κ1) is 26.3. The maximum atomic E-state index is 13.4. The normalized spacial score (nSPS) is 12.3. The van der Waals surface area contributed by atoms with E-state index in [0.717, 1.165) is 25.1 Å². The molecule has 7 nitrogen and oxygen atoms in total. The monoisotopic (exact) mass is 587 g/mol. The third kappa shape index (κ3) is 7.60. The molecule has 0 bridgehead atoms. The molecule has 0 saturated carbocycles. The summed E-state index contributed by atoms with van der Waals surface area (Å²) < 4.78 is 27.6. The molecular formula is C22H27Br2N3O4S. The molecular weight excluding hydrogens is 562 g/mol. The van der Waals surface area contributed by atoms with E-state index in [2.05, 4.69) is 37.2 Å². The van der Waals surface area contributed by atoms with E-state index >= 15 is 0 Å². The Morgan fingerprint density at radius 3 is 2.16 bits per heavy atom. The molecule has 0 radical (unpaired) electrons. The number of sulfonamides is 1. The van der Waals surface area contributed by atoms with Crippen LogP contribution in [0.3, 0.4) is 0 Å². The maximum Gasteiger partial charge on any atom is 0.244 e. The molecule has 10 heteroatoms. The highest BCUT2D eigenvalue weighted by molar-refractivity contribution is 9.10. The van der Waals surface area contributed by atoms with Crippen molar-refractivity contribution in [3.8, 4) is 0 Å². The molecule has 32 heavy (non-hydrogen) atoms. The van der Waals surface area contributed by atoms with Gasteiger partial charge in [-0.2, -0.15) is 0 Å². The maximum absolute atomic E-state index is 13.4. The Labute approximate surface area is 206 Å². The van der Waals surface area contributed by atoms with Crippen molar-refractivity contribution in [1.82, 2.24) is 10.2 Å². The Hall–Kier alpha value is -1.91. The number of benzene rings is 2. The highest BCUT2D eigenvalue weighted by atomic mass is 79.9. The number of anilines is 1. The van der Waals surface area contributed by atoms with Gasteiger partial charge < -0.3 is 10.2 Å². The minimum absolute atomic E-state index is 0.0944. The second-order valence-electron chi connectivity index (χ2n) is 7.74. The highest BCUT2D eigenvalue weighted by Gasteiger charge is 2.30. The number of rotatable bonds is 9. The van der Waals surface area contributed by atoms with Gasteiger partial charge in [-0.1, -0.05) is 44.0 Å². The standard InChI is InChI=1S/C22H27Br2N3O4S/c1-15(2)25-22(29)16(3)26(13-17-6-5-7-19(24)12-17)21(28)14-27(32(4,30)31)20-10-8-18(23)9-11-20/h5-12,15-16H,13-14H2,1-4H3,(H,25,29). The van der Waals surface area contributed by atoms with Gasteiger partial charge in [-0.3, -0.25) is 13.9 Å². The van der Waals surface area contributed by atoms with E-state index in [9.17, 15) is 18.0 Å². The van der Waals surface area contributed by atoms with Gasteiger partial charge in [0.1, 0.15) is 12.6 Å². The summed E-state index contributed by atoms with van der Waals surface area (Å²) in [5.74, 6) is -0.789. The number of carbonyl (C=O) groups is 2. The van der Waals surface area contributed by atoms with Gasteiger partial charge >= 0.3 is 0 Å². The van der Waals surface area contributed by atoms with Crippen molar-refractivity contribution >= 4 is 59.4 Å². The predicted molar refractivity (Wildman–Crippen MR) is 134 cm³/mol. The summed E-state index contributed by atoms with van der Waals surface area (Å²) in [6, 6.07) is 13.2. The van der Waals surface area contributed by atoms with E-state index in [0.29, 0.717) is 5.69 Å². The molecule has 0 spiro atoms. The molecule has 0 aliphatic carbocycles. The van der Waals surface area contributed by atoms with E-state index < -0.39 is 28.5 Å². The number of hydrogen-bond acceptors (Lipinski definition) is 4. The van der Waals surface area contributed by atoms with Crippen LogP contribution in [0.2, 0.25) is 0 Å². The largest absolute Gasteiger partial charge is 0.352 e. The van der Waals surface area contributed by atoms with Crippen molar-refractivity contribution in [1.29, 1.82) is 0 Å². The fraction of sp³-hybridized carbons (Fsp3) is 0.364. The zero-order valence-electron chi connectivity index (χ0n) is 18.4. The van der Waals surface area contributed by atoms with E-state index in [1.54, 1.807) is 31.2 Å². The quantitative estimate of drug-likeness (QED) is 0.481. The molecule has 0 aliphatic rings. The molecule has 0 heterocycles. The number of carbonyl (C=O) groups excluding carboxylic acids is 2. The molecule has 0 aromatic heterocycles. The summed E-state index contributed by atoms with van der Waals surface area (Å²) in [5.41, 5.74) is 1.18. The van der Waals surface area contributed by atoms with Crippen molar-refractivity contribution < 1.29 is 18.0 Å². The lowest BCUT2D eigenvalue weighted by atomic mass is 10.1. The number of hydrogen-bond donors (Lipinski definition) is 1.